The topological polar surface area (TPSA) is 122 Å². The van der Waals surface area contributed by atoms with Crippen LogP contribution in [0.1, 0.15) is 12.5 Å². The molecule has 0 saturated carbocycles. The number of amides is 4. The van der Waals surface area contributed by atoms with Crippen LogP contribution in [0.15, 0.2) is 42.5 Å². The zero-order valence-corrected chi connectivity index (χ0v) is 14.9. The third-order valence-electron chi connectivity index (χ3n) is 4.46. The molecule has 1 heterocycles. The van der Waals surface area contributed by atoms with Crippen LogP contribution in [0, 0.1) is 21.7 Å². The number of nitro benzene ring substituents is 1. The van der Waals surface area contributed by atoms with Gasteiger partial charge in [0.2, 0.25) is 5.91 Å². The number of hydrogen-bond donors (Lipinski definition) is 2. The molecule has 29 heavy (non-hydrogen) atoms. The summed E-state index contributed by atoms with van der Waals surface area (Å²) in [7, 11) is 0. The van der Waals surface area contributed by atoms with Gasteiger partial charge < -0.3 is 10.6 Å². The number of nitrogens with zero attached hydrogens (tertiary/aromatic N) is 2. The van der Waals surface area contributed by atoms with Crippen molar-refractivity contribution < 1.29 is 28.1 Å². The van der Waals surface area contributed by atoms with E-state index in [1.807, 2.05) is 5.32 Å². The predicted octanol–water partition coefficient (Wildman–Crippen LogP) is 2.28. The molecule has 4 amide bonds. The van der Waals surface area contributed by atoms with Gasteiger partial charge in [0.25, 0.3) is 11.6 Å². The van der Waals surface area contributed by atoms with E-state index in [9.17, 15) is 33.3 Å². The first kappa shape index (κ1) is 19.9. The number of anilines is 1. The Kier molecular flexibility index (Phi) is 4.97. The van der Waals surface area contributed by atoms with Crippen LogP contribution in [0.2, 0.25) is 0 Å². The van der Waals surface area contributed by atoms with Gasteiger partial charge in [0.05, 0.1) is 4.92 Å². The van der Waals surface area contributed by atoms with Crippen LogP contribution in [0.5, 0.6) is 0 Å². The number of halogens is 2. The predicted molar refractivity (Wildman–Crippen MR) is 95.7 cm³/mol. The van der Waals surface area contributed by atoms with E-state index in [-0.39, 0.29) is 11.3 Å². The van der Waals surface area contributed by atoms with Crippen molar-refractivity contribution in [1.82, 2.24) is 10.2 Å². The number of para-hydroxylation sites is 1. The number of carbonyl (C=O) groups excluding carboxylic acids is 3. The van der Waals surface area contributed by atoms with E-state index in [1.165, 1.54) is 31.2 Å². The summed E-state index contributed by atoms with van der Waals surface area (Å²) in [5, 5.41) is 15.2. The second kappa shape index (κ2) is 7.26. The first-order chi connectivity index (χ1) is 13.6. The fourth-order valence-corrected chi connectivity index (χ4v) is 2.89. The molecule has 2 aromatic rings. The number of non-ortho nitro benzene ring substituents is 1. The average Bonchev–Trinajstić information content (AvgIpc) is 2.89. The number of nitro groups is 1. The summed E-state index contributed by atoms with van der Waals surface area (Å²) in [6.45, 7) is 0.601. The molecule has 1 fully saturated rings. The van der Waals surface area contributed by atoms with Gasteiger partial charge in [0.1, 0.15) is 29.4 Å². The monoisotopic (exact) mass is 404 g/mol. The van der Waals surface area contributed by atoms with E-state index in [2.05, 4.69) is 5.32 Å². The Hall–Kier alpha value is -3.89. The van der Waals surface area contributed by atoms with Crippen molar-refractivity contribution in [2.45, 2.75) is 12.5 Å². The quantitative estimate of drug-likeness (QED) is 0.450. The SMILES string of the molecule is C[C@@]1(c2ccc([N+](=O)[O-])cc2)NC(=O)N(CC(=O)Nc2c(F)cccc2F)C1=O. The first-order valence-electron chi connectivity index (χ1n) is 8.26. The number of nitrogens with one attached hydrogen (secondary N) is 2. The molecule has 0 unspecified atom stereocenters. The molecule has 150 valence electrons. The number of urea groups is 1. The highest BCUT2D eigenvalue weighted by Crippen LogP contribution is 2.30. The van der Waals surface area contributed by atoms with Crippen LogP contribution in [0.4, 0.5) is 25.0 Å². The lowest BCUT2D eigenvalue weighted by molar-refractivity contribution is -0.384. The highest BCUT2D eigenvalue weighted by Gasteiger charge is 2.49. The number of benzene rings is 2. The molecule has 1 atom stereocenters. The van der Waals surface area contributed by atoms with Gasteiger partial charge in [-0.1, -0.05) is 6.07 Å². The number of imide groups is 1. The van der Waals surface area contributed by atoms with E-state index >= 15 is 0 Å². The standard InChI is InChI=1S/C18H14F2N4O5/c1-18(10-5-7-11(8-6-10)24(28)29)16(26)23(17(27)22-18)9-14(25)21-15-12(19)3-2-4-13(15)20/h2-8H,9H2,1H3,(H,21,25)(H,22,27)/t18-/m0/s1. The summed E-state index contributed by atoms with van der Waals surface area (Å²) in [6, 6.07) is 7.10. The number of rotatable bonds is 5. The zero-order valence-electron chi connectivity index (χ0n) is 14.9. The van der Waals surface area contributed by atoms with Crippen molar-refractivity contribution in [3.05, 3.63) is 69.8 Å². The van der Waals surface area contributed by atoms with Gasteiger partial charge in [-0.3, -0.25) is 24.6 Å². The minimum absolute atomic E-state index is 0.197. The summed E-state index contributed by atoms with van der Waals surface area (Å²) >= 11 is 0. The minimum Gasteiger partial charge on any atom is -0.320 e. The summed E-state index contributed by atoms with van der Waals surface area (Å²) < 4.78 is 27.3. The van der Waals surface area contributed by atoms with E-state index < -0.39 is 52.2 Å². The second-order valence-electron chi connectivity index (χ2n) is 6.40. The Morgan fingerprint density at radius 1 is 1.17 bits per heavy atom. The maximum Gasteiger partial charge on any atom is 0.325 e. The molecule has 1 saturated heterocycles. The van der Waals surface area contributed by atoms with E-state index in [4.69, 9.17) is 0 Å². The molecule has 0 bridgehead atoms. The van der Waals surface area contributed by atoms with Crippen LogP contribution >= 0.6 is 0 Å². The summed E-state index contributed by atoms with van der Waals surface area (Å²) in [6.07, 6.45) is 0. The molecular formula is C18H14F2N4O5. The maximum atomic E-state index is 13.6. The molecule has 1 aliphatic heterocycles. The molecule has 2 aromatic carbocycles. The summed E-state index contributed by atoms with van der Waals surface area (Å²) in [5.41, 5.74) is -2.18. The Morgan fingerprint density at radius 2 is 1.76 bits per heavy atom. The van der Waals surface area contributed by atoms with Gasteiger partial charge >= 0.3 is 6.03 Å². The van der Waals surface area contributed by atoms with Gasteiger partial charge in [-0.2, -0.15) is 0 Å². The molecule has 0 radical (unpaired) electrons. The fourth-order valence-electron chi connectivity index (χ4n) is 2.89. The van der Waals surface area contributed by atoms with Gasteiger partial charge in [0, 0.05) is 12.1 Å². The minimum atomic E-state index is -1.56. The van der Waals surface area contributed by atoms with E-state index in [0.717, 1.165) is 18.2 Å². The number of hydrogen-bond acceptors (Lipinski definition) is 5. The molecule has 9 nitrogen and oxygen atoms in total. The van der Waals surface area contributed by atoms with Crippen LogP contribution in [-0.2, 0) is 15.1 Å². The maximum absolute atomic E-state index is 13.6. The zero-order chi connectivity index (χ0) is 21.3. The highest BCUT2D eigenvalue weighted by molar-refractivity contribution is 6.10. The van der Waals surface area contributed by atoms with Crippen LogP contribution in [0.25, 0.3) is 0 Å². The van der Waals surface area contributed by atoms with Crippen LogP contribution in [0.3, 0.4) is 0 Å². The molecule has 3 rings (SSSR count). The van der Waals surface area contributed by atoms with Gasteiger partial charge in [0.15, 0.2) is 0 Å². The van der Waals surface area contributed by atoms with Gasteiger partial charge in [-0.05, 0) is 36.8 Å². The Balaban J connectivity index is 1.78. The lowest BCUT2D eigenvalue weighted by Crippen LogP contribution is -2.42. The Labute approximate surface area is 162 Å². The largest absolute Gasteiger partial charge is 0.325 e. The van der Waals surface area contributed by atoms with Crippen molar-refractivity contribution >= 4 is 29.2 Å². The van der Waals surface area contributed by atoms with Crippen molar-refractivity contribution in [2.75, 3.05) is 11.9 Å². The van der Waals surface area contributed by atoms with E-state index in [0.29, 0.717) is 4.90 Å². The summed E-state index contributed by atoms with van der Waals surface area (Å²) in [5.74, 6) is -3.79. The smallest absolute Gasteiger partial charge is 0.320 e. The van der Waals surface area contributed by atoms with Crippen LogP contribution < -0.4 is 10.6 Å². The van der Waals surface area contributed by atoms with Gasteiger partial charge in [-0.25, -0.2) is 13.6 Å². The van der Waals surface area contributed by atoms with Crippen molar-refractivity contribution in [3.63, 3.8) is 0 Å². The second-order valence-corrected chi connectivity index (χ2v) is 6.40. The third-order valence-corrected chi connectivity index (χ3v) is 4.46. The molecule has 2 N–H and O–H groups in total. The van der Waals surface area contributed by atoms with Gasteiger partial charge in [-0.15, -0.1) is 0 Å². The van der Waals surface area contributed by atoms with Crippen LogP contribution in [-0.4, -0.2) is 34.2 Å². The molecule has 11 heteroatoms. The normalized spacial score (nSPS) is 18.5. The molecule has 1 aliphatic rings. The highest BCUT2D eigenvalue weighted by atomic mass is 19.1. The average molecular weight is 404 g/mol. The van der Waals surface area contributed by atoms with Crippen molar-refractivity contribution in [2.24, 2.45) is 0 Å². The Morgan fingerprint density at radius 3 is 2.31 bits per heavy atom. The van der Waals surface area contributed by atoms with Crippen molar-refractivity contribution in [3.8, 4) is 0 Å². The Bertz CT molecular complexity index is 1010. The molecule has 0 spiro atoms. The first-order valence-corrected chi connectivity index (χ1v) is 8.26. The molecule has 0 aliphatic carbocycles. The van der Waals surface area contributed by atoms with E-state index in [1.54, 1.807) is 0 Å². The molecule has 0 aromatic heterocycles. The molecular weight excluding hydrogens is 390 g/mol. The number of carbonyl (C=O) groups is 3. The lowest BCUT2D eigenvalue weighted by Gasteiger charge is -2.22. The van der Waals surface area contributed by atoms with Crippen molar-refractivity contribution in [1.29, 1.82) is 0 Å². The summed E-state index contributed by atoms with van der Waals surface area (Å²) in [4.78, 5) is 47.9. The third kappa shape index (κ3) is 3.61. The lowest BCUT2D eigenvalue weighted by atomic mass is 9.92. The fraction of sp³-hybridized carbons (Fsp3) is 0.167.